The zero-order valence-corrected chi connectivity index (χ0v) is 13.9. The van der Waals surface area contributed by atoms with Gasteiger partial charge in [0.05, 0.1) is 0 Å². The lowest BCUT2D eigenvalue weighted by molar-refractivity contribution is 0.455. The van der Waals surface area contributed by atoms with Crippen molar-refractivity contribution in [1.82, 2.24) is 9.62 Å². The summed E-state index contributed by atoms with van der Waals surface area (Å²) in [5.41, 5.74) is 0.254. The predicted octanol–water partition coefficient (Wildman–Crippen LogP) is 2.48. The number of nitrogens with zero attached hydrogens (tertiary/aromatic N) is 1. The van der Waals surface area contributed by atoms with Gasteiger partial charge < -0.3 is 5.32 Å². The molecule has 118 valence electrons. The highest BCUT2D eigenvalue weighted by Crippen LogP contribution is 2.31. The van der Waals surface area contributed by atoms with Crippen LogP contribution in [0.3, 0.4) is 0 Å². The van der Waals surface area contributed by atoms with Crippen LogP contribution in [0.5, 0.6) is 0 Å². The van der Waals surface area contributed by atoms with Gasteiger partial charge in [-0.2, -0.15) is 4.31 Å². The summed E-state index contributed by atoms with van der Waals surface area (Å²) in [7, 11) is -2.19. The summed E-state index contributed by atoms with van der Waals surface area (Å²) in [6.07, 6.45) is 0. The van der Waals surface area contributed by atoms with Gasteiger partial charge in [0, 0.05) is 30.2 Å². The molecule has 1 N–H and O–H groups in total. The molecule has 21 heavy (non-hydrogen) atoms. The normalized spacial score (nSPS) is 23.7. The second-order valence-electron chi connectivity index (χ2n) is 5.68. The number of nitrogens with one attached hydrogen (secondary N) is 1. The molecule has 2 rings (SSSR count). The van der Waals surface area contributed by atoms with Gasteiger partial charge in [0.1, 0.15) is 10.7 Å². The van der Waals surface area contributed by atoms with Gasteiger partial charge in [-0.1, -0.05) is 25.4 Å². The van der Waals surface area contributed by atoms with Gasteiger partial charge in [-0.25, -0.2) is 12.8 Å². The summed E-state index contributed by atoms with van der Waals surface area (Å²) < 4.78 is 41.1. The Morgan fingerprint density at radius 1 is 1.33 bits per heavy atom. The second kappa shape index (κ2) is 6.20. The third kappa shape index (κ3) is 3.23. The molecule has 0 spiro atoms. The van der Waals surface area contributed by atoms with Gasteiger partial charge in [0.15, 0.2) is 0 Å². The summed E-state index contributed by atoms with van der Waals surface area (Å²) in [5, 5.41) is 3.03. The second-order valence-corrected chi connectivity index (χ2v) is 8.03. The molecule has 0 amide bonds. The SMILES string of the molecule is CNCc1cc(Cl)cc(S(=O)(=O)N2CC(C)C(C)C2)c1F. The molecule has 0 aromatic heterocycles. The van der Waals surface area contributed by atoms with Crippen LogP contribution in [0.1, 0.15) is 19.4 Å². The Balaban J connectivity index is 2.45. The number of hydrogen-bond donors (Lipinski definition) is 1. The van der Waals surface area contributed by atoms with Crippen molar-refractivity contribution in [3.8, 4) is 0 Å². The molecule has 0 saturated carbocycles. The molecule has 1 aromatic carbocycles. The van der Waals surface area contributed by atoms with Crippen LogP contribution in [0.2, 0.25) is 5.02 Å². The van der Waals surface area contributed by atoms with Crippen molar-refractivity contribution < 1.29 is 12.8 Å². The van der Waals surface area contributed by atoms with Crippen LogP contribution in [0, 0.1) is 17.7 Å². The van der Waals surface area contributed by atoms with E-state index in [1.165, 1.54) is 16.4 Å². The largest absolute Gasteiger partial charge is 0.316 e. The quantitative estimate of drug-likeness (QED) is 0.920. The molecular weight excluding hydrogens is 315 g/mol. The minimum atomic E-state index is -3.85. The van der Waals surface area contributed by atoms with Crippen LogP contribution < -0.4 is 5.32 Å². The van der Waals surface area contributed by atoms with E-state index in [9.17, 15) is 12.8 Å². The lowest BCUT2D eigenvalue weighted by Gasteiger charge is -2.18. The third-order valence-electron chi connectivity index (χ3n) is 4.02. The van der Waals surface area contributed by atoms with E-state index < -0.39 is 15.8 Å². The first-order valence-electron chi connectivity index (χ1n) is 6.90. The molecule has 1 saturated heterocycles. The maximum atomic E-state index is 14.5. The fraction of sp³-hybridized carbons (Fsp3) is 0.571. The van der Waals surface area contributed by atoms with Crippen molar-refractivity contribution in [2.75, 3.05) is 20.1 Å². The summed E-state index contributed by atoms with van der Waals surface area (Å²) >= 11 is 5.95. The fourth-order valence-electron chi connectivity index (χ4n) is 2.54. The maximum absolute atomic E-state index is 14.5. The van der Waals surface area contributed by atoms with Crippen LogP contribution in [-0.2, 0) is 16.6 Å². The van der Waals surface area contributed by atoms with E-state index in [0.29, 0.717) is 13.1 Å². The van der Waals surface area contributed by atoms with Crippen LogP contribution in [0.25, 0.3) is 0 Å². The first-order chi connectivity index (χ1) is 9.77. The summed E-state index contributed by atoms with van der Waals surface area (Å²) in [6, 6.07) is 2.64. The lowest BCUT2D eigenvalue weighted by Crippen LogP contribution is -2.30. The molecule has 2 unspecified atom stereocenters. The van der Waals surface area contributed by atoms with Crippen molar-refractivity contribution in [1.29, 1.82) is 0 Å². The summed E-state index contributed by atoms with van der Waals surface area (Å²) in [4.78, 5) is -0.332. The number of benzene rings is 1. The molecule has 0 aliphatic carbocycles. The molecule has 1 aromatic rings. The molecule has 7 heteroatoms. The van der Waals surface area contributed by atoms with Crippen LogP contribution >= 0.6 is 11.6 Å². The standard InChI is InChI=1S/C14H20ClFN2O2S/c1-9-7-18(8-10(9)2)21(19,20)13-5-12(15)4-11(6-17-3)14(13)16/h4-5,9-10,17H,6-8H2,1-3H3. The highest BCUT2D eigenvalue weighted by molar-refractivity contribution is 7.89. The van der Waals surface area contributed by atoms with E-state index >= 15 is 0 Å². The average Bonchev–Trinajstić information content (AvgIpc) is 2.74. The van der Waals surface area contributed by atoms with Gasteiger partial charge in [0.2, 0.25) is 10.0 Å². The lowest BCUT2D eigenvalue weighted by atomic mass is 10.0. The van der Waals surface area contributed by atoms with E-state index in [-0.39, 0.29) is 33.9 Å². The molecule has 1 heterocycles. The fourth-order valence-corrected chi connectivity index (χ4v) is 4.62. The minimum Gasteiger partial charge on any atom is -0.316 e. The molecular formula is C14H20ClFN2O2S. The Bertz CT molecular complexity index is 626. The summed E-state index contributed by atoms with van der Waals surface area (Å²) in [6.45, 7) is 5.05. The van der Waals surface area contributed by atoms with Crippen LogP contribution in [0.15, 0.2) is 17.0 Å². The van der Waals surface area contributed by atoms with E-state index in [0.717, 1.165) is 0 Å². The molecule has 0 bridgehead atoms. The van der Waals surface area contributed by atoms with Crippen molar-refractivity contribution in [3.05, 3.63) is 28.5 Å². The van der Waals surface area contributed by atoms with Crippen molar-refractivity contribution in [2.45, 2.75) is 25.3 Å². The third-order valence-corrected chi connectivity index (χ3v) is 6.07. The summed E-state index contributed by atoms with van der Waals surface area (Å²) in [5.74, 6) is -0.196. The topological polar surface area (TPSA) is 49.4 Å². The molecule has 2 atom stereocenters. The van der Waals surface area contributed by atoms with E-state index in [2.05, 4.69) is 5.32 Å². The highest BCUT2D eigenvalue weighted by Gasteiger charge is 2.36. The predicted molar refractivity (Wildman–Crippen MR) is 81.3 cm³/mol. The zero-order chi connectivity index (χ0) is 15.8. The van der Waals surface area contributed by atoms with Gasteiger partial charge in [0.25, 0.3) is 0 Å². The molecule has 1 aliphatic heterocycles. The van der Waals surface area contributed by atoms with E-state index in [4.69, 9.17) is 11.6 Å². The maximum Gasteiger partial charge on any atom is 0.246 e. The Labute approximate surface area is 130 Å². The van der Waals surface area contributed by atoms with E-state index in [1.807, 2.05) is 13.8 Å². The monoisotopic (exact) mass is 334 g/mol. The average molecular weight is 335 g/mol. The van der Waals surface area contributed by atoms with Gasteiger partial charge >= 0.3 is 0 Å². The molecule has 1 fully saturated rings. The highest BCUT2D eigenvalue weighted by atomic mass is 35.5. The van der Waals surface area contributed by atoms with Crippen LogP contribution in [-0.4, -0.2) is 32.9 Å². The Morgan fingerprint density at radius 2 is 1.90 bits per heavy atom. The van der Waals surface area contributed by atoms with Gasteiger partial charge in [-0.15, -0.1) is 0 Å². The minimum absolute atomic E-state index is 0.223. The number of hydrogen-bond acceptors (Lipinski definition) is 3. The van der Waals surface area contributed by atoms with Crippen molar-refractivity contribution in [2.24, 2.45) is 11.8 Å². The van der Waals surface area contributed by atoms with Crippen molar-refractivity contribution >= 4 is 21.6 Å². The Kier molecular flexibility index (Phi) is 4.92. The first kappa shape index (κ1) is 16.7. The number of sulfonamides is 1. The smallest absolute Gasteiger partial charge is 0.246 e. The number of rotatable bonds is 4. The zero-order valence-electron chi connectivity index (χ0n) is 12.4. The van der Waals surface area contributed by atoms with Crippen LogP contribution in [0.4, 0.5) is 4.39 Å². The molecule has 1 aliphatic rings. The number of halogens is 2. The van der Waals surface area contributed by atoms with E-state index in [1.54, 1.807) is 7.05 Å². The van der Waals surface area contributed by atoms with Gasteiger partial charge in [-0.3, -0.25) is 0 Å². The first-order valence-corrected chi connectivity index (χ1v) is 8.71. The molecule has 0 radical (unpaired) electrons. The van der Waals surface area contributed by atoms with Crippen molar-refractivity contribution in [3.63, 3.8) is 0 Å². The Hall–Kier alpha value is -0.690. The molecule has 4 nitrogen and oxygen atoms in total. The van der Waals surface area contributed by atoms with Gasteiger partial charge in [-0.05, 0) is 31.0 Å². The Morgan fingerprint density at radius 3 is 2.43 bits per heavy atom.